The van der Waals surface area contributed by atoms with Crippen LogP contribution in [0.25, 0.3) is 0 Å². The van der Waals surface area contributed by atoms with Crippen LogP contribution in [0, 0.1) is 16.1 Å². The molecule has 1 aromatic rings. The van der Waals surface area contributed by atoms with Gasteiger partial charge >= 0.3 is 6.03 Å². The molecule has 4 N–H and O–H groups in total. The molecule has 3 rings (SSSR count). The third-order valence-electron chi connectivity index (χ3n) is 5.22. The Morgan fingerprint density at radius 3 is 2.40 bits per heavy atom. The molecule has 1 unspecified atom stereocenters. The molecule has 30 heavy (non-hydrogen) atoms. The molecular formula is C20H28N6O3S. The highest BCUT2D eigenvalue weighted by Gasteiger charge is 2.40. The molecule has 2 aliphatic rings. The molecule has 0 bridgehead atoms. The van der Waals surface area contributed by atoms with E-state index in [4.69, 9.17) is 14.7 Å². The molecule has 0 radical (unpaired) electrons. The van der Waals surface area contributed by atoms with Crippen molar-refractivity contribution in [2.24, 2.45) is 5.14 Å². The van der Waals surface area contributed by atoms with Crippen LogP contribution in [-0.2, 0) is 14.7 Å². The van der Waals surface area contributed by atoms with Gasteiger partial charge in [0.05, 0.1) is 24.8 Å². The number of hydrogen-bond acceptors (Lipinski definition) is 6. The van der Waals surface area contributed by atoms with E-state index in [-0.39, 0.29) is 29.2 Å². The lowest BCUT2D eigenvalue weighted by atomic mass is 9.90. The lowest BCUT2D eigenvalue weighted by Gasteiger charge is -2.34. The van der Waals surface area contributed by atoms with Gasteiger partial charge in [-0.3, -0.25) is 0 Å². The summed E-state index contributed by atoms with van der Waals surface area (Å²) in [5.74, 6) is 0.415. The number of hydrogen-bond donors (Lipinski definition) is 3. The Morgan fingerprint density at radius 1 is 1.30 bits per heavy atom. The maximum atomic E-state index is 13.3. The topological polar surface area (TPSA) is 136 Å². The molecule has 1 aromatic carbocycles. The number of hydrazine groups is 1. The van der Waals surface area contributed by atoms with Crippen molar-refractivity contribution in [3.05, 3.63) is 39.6 Å². The monoisotopic (exact) mass is 432 g/mol. The zero-order chi connectivity index (χ0) is 22.2. The Bertz CT molecular complexity index is 1010. The molecule has 2 amide bonds. The first kappa shape index (κ1) is 21.9. The first-order valence-corrected chi connectivity index (χ1v) is 11.5. The highest BCUT2D eigenvalue weighted by atomic mass is 32.2. The number of benzene rings is 1. The van der Waals surface area contributed by atoms with Gasteiger partial charge in [0.15, 0.2) is 0 Å². The first-order valence-electron chi connectivity index (χ1n) is 9.91. The Hall–Kier alpha value is -2.77. The SMILES string of the molecule is CC(C)c1cc(C#N)cc(C(C)C)c1NC(=O)N1CC(S(=N)(N)=O)=C2OCCCN21. The van der Waals surface area contributed by atoms with Crippen LogP contribution in [0.15, 0.2) is 22.9 Å². The van der Waals surface area contributed by atoms with E-state index >= 15 is 0 Å². The molecule has 0 aromatic heterocycles. The normalized spacial score (nSPS) is 18.2. The van der Waals surface area contributed by atoms with Crippen LogP contribution in [0.1, 0.15) is 62.6 Å². The van der Waals surface area contributed by atoms with E-state index in [1.54, 1.807) is 17.1 Å². The molecule has 1 fully saturated rings. The van der Waals surface area contributed by atoms with Crippen LogP contribution >= 0.6 is 0 Å². The molecule has 0 spiro atoms. The van der Waals surface area contributed by atoms with Crippen LogP contribution < -0.4 is 10.5 Å². The average Bonchev–Trinajstić information content (AvgIpc) is 3.07. The van der Waals surface area contributed by atoms with Crippen LogP contribution in [0.5, 0.6) is 0 Å². The minimum absolute atomic E-state index is 0.0652. The van der Waals surface area contributed by atoms with E-state index in [1.165, 1.54) is 5.01 Å². The number of anilines is 1. The summed E-state index contributed by atoms with van der Waals surface area (Å²) < 4.78 is 25.6. The fourth-order valence-corrected chi connectivity index (χ4v) is 4.43. The van der Waals surface area contributed by atoms with Crippen LogP contribution in [0.2, 0.25) is 0 Å². The summed E-state index contributed by atoms with van der Waals surface area (Å²) in [5.41, 5.74) is 2.97. The van der Waals surface area contributed by atoms with Gasteiger partial charge in [-0.2, -0.15) is 5.26 Å². The summed E-state index contributed by atoms with van der Waals surface area (Å²) in [6.07, 6.45) is 0.690. The van der Waals surface area contributed by atoms with Gasteiger partial charge in [-0.15, -0.1) is 0 Å². The van der Waals surface area contributed by atoms with Gasteiger partial charge in [0, 0.05) is 18.7 Å². The molecular weight excluding hydrogens is 404 g/mol. The number of nitrogens with zero attached hydrogens (tertiary/aromatic N) is 3. The minimum atomic E-state index is -3.51. The lowest BCUT2D eigenvalue weighted by Crippen LogP contribution is -2.47. The summed E-state index contributed by atoms with van der Waals surface area (Å²) >= 11 is 0. The third kappa shape index (κ3) is 4.08. The third-order valence-corrected chi connectivity index (χ3v) is 6.25. The minimum Gasteiger partial charge on any atom is -0.477 e. The van der Waals surface area contributed by atoms with Crippen molar-refractivity contribution in [1.29, 1.82) is 10.0 Å². The summed E-state index contributed by atoms with van der Waals surface area (Å²) in [7, 11) is -3.51. The van der Waals surface area contributed by atoms with Gasteiger partial charge in [0.1, 0.15) is 14.8 Å². The maximum absolute atomic E-state index is 13.3. The number of nitrogens with one attached hydrogen (secondary N) is 2. The van der Waals surface area contributed by atoms with Crippen molar-refractivity contribution >= 4 is 21.6 Å². The van der Waals surface area contributed by atoms with E-state index in [0.717, 1.165) is 11.1 Å². The number of ether oxygens (including phenoxy) is 1. The van der Waals surface area contributed by atoms with Crippen LogP contribution in [0.3, 0.4) is 0 Å². The van der Waals surface area contributed by atoms with Gasteiger partial charge in [-0.25, -0.2) is 28.9 Å². The van der Waals surface area contributed by atoms with Crippen molar-refractivity contribution in [3.63, 3.8) is 0 Å². The van der Waals surface area contributed by atoms with Gasteiger partial charge in [0.2, 0.25) is 5.88 Å². The fraction of sp³-hybridized carbons (Fsp3) is 0.500. The van der Waals surface area contributed by atoms with Crippen LogP contribution in [-0.4, -0.2) is 40.0 Å². The molecule has 1 saturated heterocycles. The van der Waals surface area contributed by atoms with E-state index in [2.05, 4.69) is 11.4 Å². The second kappa shape index (κ2) is 8.16. The van der Waals surface area contributed by atoms with E-state index in [0.29, 0.717) is 30.8 Å². The number of carbonyl (C=O) groups is 1. The molecule has 0 saturated carbocycles. The summed E-state index contributed by atoms with van der Waals surface area (Å²) in [6.45, 7) is 8.88. The van der Waals surface area contributed by atoms with Crippen molar-refractivity contribution in [3.8, 4) is 6.07 Å². The molecule has 2 heterocycles. The number of fused-ring (bicyclic) bond motifs is 1. The van der Waals surface area contributed by atoms with Crippen molar-refractivity contribution in [2.75, 3.05) is 25.0 Å². The van der Waals surface area contributed by atoms with E-state index in [1.807, 2.05) is 27.7 Å². The summed E-state index contributed by atoms with van der Waals surface area (Å²) in [4.78, 5) is 13.4. The van der Waals surface area contributed by atoms with Gasteiger partial charge in [-0.05, 0) is 35.1 Å². The van der Waals surface area contributed by atoms with Crippen LogP contribution in [0.4, 0.5) is 10.5 Å². The Labute approximate surface area is 177 Å². The van der Waals surface area contributed by atoms with E-state index in [9.17, 15) is 14.3 Å². The zero-order valence-electron chi connectivity index (χ0n) is 17.7. The molecule has 9 nitrogen and oxygen atoms in total. The summed E-state index contributed by atoms with van der Waals surface area (Å²) in [6, 6.07) is 5.36. The molecule has 10 heteroatoms. The predicted molar refractivity (Wildman–Crippen MR) is 114 cm³/mol. The number of nitriles is 1. The predicted octanol–water partition coefficient (Wildman–Crippen LogP) is 3.38. The number of amides is 2. The Morgan fingerprint density at radius 2 is 1.90 bits per heavy atom. The smallest absolute Gasteiger partial charge is 0.341 e. The van der Waals surface area contributed by atoms with Gasteiger partial charge in [-0.1, -0.05) is 27.7 Å². The highest BCUT2D eigenvalue weighted by molar-refractivity contribution is 7.94. The molecule has 162 valence electrons. The number of urea groups is 1. The molecule has 0 aliphatic carbocycles. The van der Waals surface area contributed by atoms with E-state index < -0.39 is 15.9 Å². The average molecular weight is 433 g/mol. The van der Waals surface area contributed by atoms with Gasteiger partial charge < -0.3 is 10.1 Å². The quantitative estimate of drug-likeness (QED) is 0.670. The first-order chi connectivity index (χ1) is 14.0. The zero-order valence-corrected chi connectivity index (χ0v) is 18.5. The lowest BCUT2D eigenvalue weighted by molar-refractivity contribution is -0.0222. The number of carbonyl (C=O) groups excluding carboxylic acids is 1. The van der Waals surface area contributed by atoms with Gasteiger partial charge in [0.25, 0.3) is 0 Å². The Kier molecular flexibility index (Phi) is 5.97. The Balaban J connectivity index is 1.98. The standard InChI is InChI=1S/C20H28N6O3S/c1-12(2)15-8-14(10-21)9-16(13(3)4)18(15)24-20(27)26-11-17(30(22,23)28)19-25(26)6-5-7-29-19/h8-9,12-13H,5-7,11H2,1-4H3,(H,24,27)(H3,22,23,28). The largest absolute Gasteiger partial charge is 0.477 e. The number of nitrogens with two attached hydrogens (primary N) is 1. The van der Waals surface area contributed by atoms with Crippen molar-refractivity contribution in [2.45, 2.75) is 46.0 Å². The fourth-order valence-electron chi connectivity index (χ4n) is 3.69. The maximum Gasteiger partial charge on any atom is 0.341 e. The second-order valence-electron chi connectivity index (χ2n) is 8.09. The number of rotatable bonds is 4. The highest BCUT2D eigenvalue weighted by Crippen LogP contribution is 2.35. The second-order valence-corrected chi connectivity index (χ2v) is 9.79. The molecule has 1 atom stereocenters. The van der Waals surface area contributed by atoms with Crippen molar-refractivity contribution in [1.82, 2.24) is 10.0 Å². The molecule has 2 aliphatic heterocycles. The van der Waals surface area contributed by atoms with Crippen molar-refractivity contribution < 1.29 is 13.7 Å². The summed E-state index contributed by atoms with van der Waals surface area (Å²) in [5, 5.41) is 21.0.